The molecule has 2 rings (SSSR count). The van der Waals surface area contributed by atoms with E-state index in [1.165, 1.54) is 4.90 Å². The molecular weight excluding hydrogens is 246 g/mol. The van der Waals surface area contributed by atoms with E-state index in [4.69, 9.17) is 5.11 Å². The standard InChI is InChI=1S/C13H23N3O3/c1-2-5-14-7-9-15(10-8-14)13(19)16-6-3-4-11(16)12(17)18/h11H,2-10H2,1H3,(H,17,18). The summed E-state index contributed by atoms with van der Waals surface area (Å²) >= 11 is 0. The van der Waals surface area contributed by atoms with Gasteiger partial charge in [-0.3, -0.25) is 4.90 Å². The number of aliphatic carboxylic acids is 1. The van der Waals surface area contributed by atoms with E-state index in [1.54, 1.807) is 4.90 Å². The Morgan fingerprint density at radius 2 is 1.84 bits per heavy atom. The maximum atomic E-state index is 12.3. The number of rotatable bonds is 3. The van der Waals surface area contributed by atoms with Crippen LogP contribution in [0.1, 0.15) is 26.2 Å². The molecule has 6 nitrogen and oxygen atoms in total. The van der Waals surface area contributed by atoms with Gasteiger partial charge in [0.05, 0.1) is 0 Å². The van der Waals surface area contributed by atoms with Gasteiger partial charge in [0, 0.05) is 32.7 Å². The van der Waals surface area contributed by atoms with Crippen LogP contribution in [-0.4, -0.2) is 77.1 Å². The zero-order chi connectivity index (χ0) is 13.8. The summed E-state index contributed by atoms with van der Waals surface area (Å²) in [5.74, 6) is -0.879. The van der Waals surface area contributed by atoms with Crippen LogP contribution in [0.2, 0.25) is 0 Å². The van der Waals surface area contributed by atoms with Gasteiger partial charge in [0.15, 0.2) is 0 Å². The second kappa shape index (κ2) is 6.23. The molecule has 0 aliphatic carbocycles. The fourth-order valence-electron chi connectivity index (χ4n) is 2.91. The minimum atomic E-state index is -0.879. The normalized spacial score (nSPS) is 24.8. The highest BCUT2D eigenvalue weighted by Gasteiger charge is 2.36. The van der Waals surface area contributed by atoms with E-state index in [-0.39, 0.29) is 6.03 Å². The average molecular weight is 269 g/mol. The largest absolute Gasteiger partial charge is 0.480 e. The number of urea groups is 1. The van der Waals surface area contributed by atoms with Crippen molar-refractivity contribution in [2.45, 2.75) is 32.2 Å². The van der Waals surface area contributed by atoms with Crippen LogP contribution in [0.3, 0.4) is 0 Å². The molecular formula is C13H23N3O3. The highest BCUT2D eigenvalue weighted by Crippen LogP contribution is 2.20. The first kappa shape index (κ1) is 14.1. The summed E-state index contributed by atoms with van der Waals surface area (Å²) in [5, 5.41) is 9.12. The molecule has 2 saturated heterocycles. The van der Waals surface area contributed by atoms with Crippen molar-refractivity contribution in [3.05, 3.63) is 0 Å². The first-order valence-electron chi connectivity index (χ1n) is 7.14. The van der Waals surface area contributed by atoms with Crippen molar-refractivity contribution in [2.75, 3.05) is 39.3 Å². The molecule has 1 N–H and O–H groups in total. The van der Waals surface area contributed by atoms with E-state index < -0.39 is 12.0 Å². The third kappa shape index (κ3) is 3.18. The summed E-state index contributed by atoms with van der Waals surface area (Å²) in [6, 6.07) is -0.720. The fourth-order valence-corrected chi connectivity index (χ4v) is 2.91. The number of carboxylic acids is 1. The SMILES string of the molecule is CCCN1CCN(C(=O)N2CCCC2C(=O)O)CC1. The molecule has 2 amide bonds. The molecule has 2 aliphatic heterocycles. The van der Waals surface area contributed by atoms with Crippen molar-refractivity contribution in [1.82, 2.24) is 14.7 Å². The molecule has 0 saturated carbocycles. The number of piperazine rings is 1. The quantitative estimate of drug-likeness (QED) is 0.818. The number of carbonyl (C=O) groups is 2. The van der Waals surface area contributed by atoms with Crippen molar-refractivity contribution >= 4 is 12.0 Å². The maximum absolute atomic E-state index is 12.3. The fraction of sp³-hybridized carbons (Fsp3) is 0.846. The Hall–Kier alpha value is -1.30. The Morgan fingerprint density at radius 3 is 2.42 bits per heavy atom. The lowest BCUT2D eigenvalue weighted by Gasteiger charge is -2.37. The molecule has 0 bridgehead atoms. The van der Waals surface area contributed by atoms with Gasteiger partial charge in [-0.25, -0.2) is 9.59 Å². The van der Waals surface area contributed by atoms with Crippen LogP contribution in [0, 0.1) is 0 Å². The van der Waals surface area contributed by atoms with Crippen LogP contribution in [-0.2, 0) is 4.79 Å². The monoisotopic (exact) mass is 269 g/mol. The van der Waals surface area contributed by atoms with E-state index in [1.807, 2.05) is 0 Å². The highest BCUT2D eigenvalue weighted by atomic mass is 16.4. The molecule has 108 valence electrons. The van der Waals surface area contributed by atoms with Crippen molar-refractivity contribution in [3.8, 4) is 0 Å². The van der Waals surface area contributed by atoms with Crippen LogP contribution in [0.25, 0.3) is 0 Å². The lowest BCUT2D eigenvalue weighted by atomic mass is 10.2. The third-order valence-corrected chi connectivity index (χ3v) is 3.97. The summed E-state index contributed by atoms with van der Waals surface area (Å²) in [6.07, 6.45) is 2.50. The van der Waals surface area contributed by atoms with Crippen molar-refractivity contribution in [3.63, 3.8) is 0 Å². The zero-order valence-corrected chi connectivity index (χ0v) is 11.5. The molecule has 0 aromatic carbocycles. The smallest absolute Gasteiger partial charge is 0.326 e. The van der Waals surface area contributed by atoms with Crippen LogP contribution in [0.5, 0.6) is 0 Å². The Labute approximate surface area is 114 Å². The molecule has 6 heteroatoms. The van der Waals surface area contributed by atoms with Crippen LogP contribution < -0.4 is 0 Å². The molecule has 19 heavy (non-hydrogen) atoms. The van der Waals surface area contributed by atoms with E-state index in [0.29, 0.717) is 26.1 Å². The molecule has 1 unspecified atom stereocenters. The summed E-state index contributed by atoms with van der Waals surface area (Å²) in [5.41, 5.74) is 0. The molecule has 0 radical (unpaired) electrons. The van der Waals surface area contributed by atoms with Crippen molar-refractivity contribution in [1.29, 1.82) is 0 Å². The third-order valence-electron chi connectivity index (χ3n) is 3.97. The van der Waals surface area contributed by atoms with Gasteiger partial charge in [0.25, 0.3) is 0 Å². The Morgan fingerprint density at radius 1 is 1.16 bits per heavy atom. The van der Waals surface area contributed by atoms with Gasteiger partial charge in [-0.1, -0.05) is 6.92 Å². The predicted molar refractivity (Wildman–Crippen MR) is 71.1 cm³/mol. The lowest BCUT2D eigenvalue weighted by Crippen LogP contribution is -2.54. The van der Waals surface area contributed by atoms with E-state index in [2.05, 4.69) is 11.8 Å². The first-order chi connectivity index (χ1) is 9.13. The van der Waals surface area contributed by atoms with Crippen molar-refractivity contribution in [2.24, 2.45) is 0 Å². The van der Waals surface area contributed by atoms with Gasteiger partial charge >= 0.3 is 12.0 Å². The zero-order valence-electron chi connectivity index (χ0n) is 11.5. The van der Waals surface area contributed by atoms with E-state index in [0.717, 1.165) is 32.5 Å². The van der Waals surface area contributed by atoms with Crippen LogP contribution in [0.4, 0.5) is 4.79 Å². The molecule has 0 aromatic rings. The first-order valence-corrected chi connectivity index (χ1v) is 7.14. The molecule has 0 spiro atoms. The molecule has 2 heterocycles. The summed E-state index contributed by atoms with van der Waals surface area (Å²) in [7, 11) is 0. The minimum Gasteiger partial charge on any atom is -0.480 e. The molecule has 0 aromatic heterocycles. The topological polar surface area (TPSA) is 64.1 Å². The second-order valence-corrected chi connectivity index (χ2v) is 5.30. The molecule has 1 atom stereocenters. The van der Waals surface area contributed by atoms with Gasteiger partial charge in [-0.2, -0.15) is 0 Å². The summed E-state index contributed by atoms with van der Waals surface area (Å²) in [6.45, 7) is 7.01. The van der Waals surface area contributed by atoms with Gasteiger partial charge in [0.1, 0.15) is 6.04 Å². The van der Waals surface area contributed by atoms with E-state index in [9.17, 15) is 9.59 Å². The van der Waals surface area contributed by atoms with Crippen LogP contribution in [0.15, 0.2) is 0 Å². The number of likely N-dealkylation sites (tertiary alicyclic amines) is 1. The van der Waals surface area contributed by atoms with Crippen LogP contribution >= 0.6 is 0 Å². The average Bonchev–Trinajstić information content (AvgIpc) is 2.88. The number of hydrogen-bond acceptors (Lipinski definition) is 3. The number of amides is 2. The highest BCUT2D eigenvalue weighted by molar-refractivity contribution is 5.83. The van der Waals surface area contributed by atoms with E-state index >= 15 is 0 Å². The molecule has 2 fully saturated rings. The lowest BCUT2D eigenvalue weighted by molar-refractivity contribution is -0.141. The van der Waals surface area contributed by atoms with Gasteiger partial charge in [-0.05, 0) is 25.8 Å². The number of nitrogens with zero attached hydrogens (tertiary/aromatic N) is 3. The van der Waals surface area contributed by atoms with Crippen molar-refractivity contribution < 1.29 is 14.7 Å². The summed E-state index contributed by atoms with van der Waals surface area (Å²) in [4.78, 5) is 29.1. The summed E-state index contributed by atoms with van der Waals surface area (Å²) < 4.78 is 0. The number of carbonyl (C=O) groups excluding carboxylic acids is 1. The van der Waals surface area contributed by atoms with Gasteiger partial charge in [-0.15, -0.1) is 0 Å². The second-order valence-electron chi connectivity index (χ2n) is 5.30. The Bertz CT molecular complexity index is 340. The number of hydrogen-bond donors (Lipinski definition) is 1. The predicted octanol–water partition coefficient (Wildman–Crippen LogP) is 0.683. The maximum Gasteiger partial charge on any atom is 0.326 e. The molecule has 2 aliphatic rings. The Kier molecular flexibility index (Phi) is 4.63. The van der Waals surface area contributed by atoms with Gasteiger partial charge in [0.2, 0.25) is 0 Å². The number of carboxylic acid groups (broad SMARTS) is 1. The van der Waals surface area contributed by atoms with Gasteiger partial charge < -0.3 is 14.9 Å². The minimum absolute atomic E-state index is 0.0963. The Balaban J connectivity index is 1.89.